The van der Waals surface area contributed by atoms with Crippen molar-refractivity contribution in [2.45, 2.75) is 20.4 Å². The Kier molecular flexibility index (Phi) is 4.48. The summed E-state index contributed by atoms with van der Waals surface area (Å²) in [6, 6.07) is 11.7. The van der Waals surface area contributed by atoms with Gasteiger partial charge in [0.05, 0.1) is 6.54 Å². The van der Waals surface area contributed by atoms with Gasteiger partial charge in [-0.15, -0.1) is 0 Å². The van der Waals surface area contributed by atoms with Gasteiger partial charge in [-0.3, -0.25) is 4.79 Å². The molecule has 0 bridgehead atoms. The Labute approximate surface area is 135 Å². The quantitative estimate of drug-likeness (QED) is 0.891. The molecule has 1 aliphatic heterocycles. The zero-order valence-corrected chi connectivity index (χ0v) is 13.3. The van der Waals surface area contributed by atoms with Crippen LogP contribution in [0.15, 0.2) is 36.4 Å². The number of carbonyl (C=O) groups is 1. The molecular weight excluding hydrogens is 292 g/mol. The number of amides is 1. The van der Waals surface area contributed by atoms with Gasteiger partial charge < -0.3 is 20.1 Å². The summed E-state index contributed by atoms with van der Waals surface area (Å²) in [6.07, 6.45) is 0. The maximum Gasteiger partial charge on any atom is 0.238 e. The fourth-order valence-electron chi connectivity index (χ4n) is 2.52. The third-order valence-corrected chi connectivity index (χ3v) is 3.71. The van der Waals surface area contributed by atoms with Gasteiger partial charge in [-0.25, -0.2) is 0 Å². The lowest BCUT2D eigenvalue weighted by Gasteiger charge is -2.10. The molecule has 1 aliphatic rings. The molecule has 0 atom stereocenters. The van der Waals surface area contributed by atoms with E-state index in [0.29, 0.717) is 6.54 Å². The Morgan fingerprint density at radius 3 is 2.74 bits per heavy atom. The van der Waals surface area contributed by atoms with E-state index in [4.69, 9.17) is 9.47 Å². The van der Waals surface area contributed by atoms with Crippen LogP contribution in [-0.4, -0.2) is 19.2 Å². The molecule has 2 aromatic carbocycles. The minimum absolute atomic E-state index is 0.0577. The molecule has 5 nitrogen and oxygen atoms in total. The largest absolute Gasteiger partial charge is 0.454 e. The number of carbonyl (C=O) groups excluding carboxylic acids is 1. The second kappa shape index (κ2) is 6.71. The summed E-state index contributed by atoms with van der Waals surface area (Å²) in [5.41, 5.74) is 4.15. The van der Waals surface area contributed by atoms with Gasteiger partial charge in [0.2, 0.25) is 12.7 Å². The molecular formula is C18H20N2O3. The zero-order valence-electron chi connectivity index (χ0n) is 13.3. The summed E-state index contributed by atoms with van der Waals surface area (Å²) in [5, 5.41) is 6.05. The van der Waals surface area contributed by atoms with Crippen molar-refractivity contribution in [2.75, 3.05) is 18.7 Å². The van der Waals surface area contributed by atoms with Crippen molar-refractivity contribution in [3.05, 3.63) is 53.1 Å². The van der Waals surface area contributed by atoms with Crippen LogP contribution in [0.25, 0.3) is 0 Å². The average Bonchev–Trinajstić information content (AvgIpc) is 2.98. The number of fused-ring (bicyclic) bond motifs is 1. The Hall–Kier alpha value is -2.53. The maximum atomic E-state index is 12.0. The molecule has 1 amide bonds. The SMILES string of the molecule is Cc1ccc(NC(=O)CNCc2ccc3c(c2)OCO3)c(C)c1. The fourth-order valence-corrected chi connectivity index (χ4v) is 2.52. The van der Waals surface area contributed by atoms with Crippen molar-refractivity contribution < 1.29 is 14.3 Å². The van der Waals surface area contributed by atoms with E-state index in [9.17, 15) is 4.79 Å². The number of aryl methyl sites for hydroxylation is 2. The lowest BCUT2D eigenvalue weighted by molar-refractivity contribution is -0.115. The number of ether oxygens (including phenoxy) is 2. The molecule has 0 fully saturated rings. The molecule has 0 aliphatic carbocycles. The van der Waals surface area contributed by atoms with E-state index in [1.165, 1.54) is 5.56 Å². The molecule has 2 N–H and O–H groups in total. The number of rotatable bonds is 5. The van der Waals surface area contributed by atoms with E-state index in [1.807, 2.05) is 44.2 Å². The minimum Gasteiger partial charge on any atom is -0.454 e. The van der Waals surface area contributed by atoms with Crippen LogP contribution in [0.2, 0.25) is 0 Å². The van der Waals surface area contributed by atoms with E-state index >= 15 is 0 Å². The van der Waals surface area contributed by atoms with Gasteiger partial charge in [-0.05, 0) is 43.2 Å². The van der Waals surface area contributed by atoms with Crippen molar-refractivity contribution in [1.29, 1.82) is 0 Å². The molecule has 0 spiro atoms. The van der Waals surface area contributed by atoms with Crippen molar-refractivity contribution >= 4 is 11.6 Å². The Bertz CT molecular complexity index is 728. The van der Waals surface area contributed by atoms with Crippen molar-refractivity contribution in [3.8, 4) is 11.5 Å². The van der Waals surface area contributed by atoms with E-state index in [1.54, 1.807) is 0 Å². The second-order valence-electron chi connectivity index (χ2n) is 5.66. The predicted octanol–water partition coefficient (Wildman–Crippen LogP) is 2.76. The van der Waals surface area contributed by atoms with Crippen LogP contribution in [0, 0.1) is 13.8 Å². The van der Waals surface area contributed by atoms with E-state index in [-0.39, 0.29) is 19.2 Å². The number of hydrogen-bond donors (Lipinski definition) is 2. The highest BCUT2D eigenvalue weighted by Gasteiger charge is 2.13. The summed E-state index contributed by atoms with van der Waals surface area (Å²) in [4.78, 5) is 12.0. The number of hydrogen-bond acceptors (Lipinski definition) is 4. The molecule has 23 heavy (non-hydrogen) atoms. The van der Waals surface area contributed by atoms with Crippen LogP contribution >= 0.6 is 0 Å². The second-order valence-corrected chi connectivity index (χ2v) is 5.66. The maximum absolute atomic E-state index is 12.0. The first-order valence-electron chi connectivity index (χ1n) is 7.58. The number of benzene rings is 2. The number of nitrogens with one attached hydrogen (secondary N) is 2. The molecule has 0 saturated heterocycles. The van der Waals surface area contributed by atoms with Gasteiger partial charge in [0, 0.05) is 12.2 Å². The first-order valence-corrected chi connectivity index (χ1v) is 7.58. The van der Waals surface area contributed by atoms with E-state index < -0.39 is 0 Å². The van der Waals surface area contributed by atoms with E-state index in [0.717, 1.165) is 28.3 Å². The Morgan fingerprint density at radius 2 is 1.91 bits per heavy atom. The minimum atomic E-state index is -0.0577. The third-order valence-electron chi connectivity index (χ3n) is 3.71. The van der Waals surface area contributed by atoms with Gasteiger partial charge in [0.25, 0.3) is 0 Å². The molecule has 5 heteroatoms. The smallest absolute Gasteiger partial charge is 0.238 e. The molecule has 3 rings (SSSR count). The summed E-state index contributed by atoms with van der Waals surface area (Å²) < 4.78 is 10.6. The van der Waals surface area contributed by atoms with Crippen LogP contribution in [0.1, 0.15) is 16.7 Å². The van der Waals surface area contributed by atoms with Crippen LogP contribution < -0.4 is 20.1 Å². The summed E-state index contributed by atoms with van der Waals surface area (Å²) in [5.74, 6) is 1.46. The standard InChI is InChI=1S/C18H20N2O3/c1-12-3-5-15(13(2)7-12)20-18(21)10-19-9-14-4-6-16-17(8-14)23-11-22-16/h3-8,19H,9-11H2,1-2H3,(H,20,21). The molecule has 0 unspecified atom stereocenters. The summed E-state index contributed by atoms with van der Waals surface area (Å²) >= 11 is 0. The highest BCUT2D eigenvalue weighted by molar-refractivity contribution is 5.92. The Morgan fingerprint density at radius 1 is 1.09 bits per heavy atom. The highest BCUT2D eigenvalue weighted by Crippen LogP contribution is 2.32. The van der Waals surface area contributed by atoms with Gasteiger partial charge >= 0.3 is 0 Å². The zero-order chi connectivity index (χ0) is 16.2. The molecule has 120 valence electrons. The molecule has 2 aromatic rings. The highest BCUT2D eigenvalue weighted by atomic mass is 16.7. The Balaban J connectivity index is 1.49. The summed E-state index contributed by atoms with van der Waals surface area (Å²) in [6.45, 7) is 5.14. The lowest BCUT2D eigenvalue weighted by atomic mass is 10.1. The normalized spacial score (nSPS) is 12.3. The van der Waals surface area contributed by atoms with Gasteiger partial charge in [-0.2, -0.15) is 0 Å². The third kappa shape index (κ3) is 3.81. The number of anilines is 1. The fraction of sp³-hybridized carbons (Fsp3) is 0.278. The van der Waals surface area contributed by atoms with Crippen molar-refractivity contribution in [3.63, 3.8) is 0 Å². The van der Waals surface area contributed by atoms with Gasteiger partial charge in [0.1, 0.15) is 0 Å². The van der Waals surface area contributed by atoms with Crippen LogP contribution in [-0.2, 0) is 11.3 Å². The monoisotopic (exact) mass is 312 g/mol. The van der Waals surface area contributed by atoms with Gasteiger partial charge in [-0.1, -0.05) is 23.8 Å². The van der Waals surface area contributed by atoms with Crippen molar-refractivity contribution in [1.82, 2.24) is 5.32 Å². The van der Waals surface area contributed by atoms with Crippen LogP contribution in [0.5, 0.6) is 11.5 Å². The van der Waals surface area contributed by atoms with Gasteiger partial charge in [0.15, 0.2) is 11.5 Å². The first-order chi connectivity index (χ1) is 11.1. The lowest BCUT2D eigenvalue weighted by Crippen LogP contribution is -2.28. The topological polar surface area (TPSA) is 59.6 Å². The van der Waals surface area contributed by atoms with E-state index in [2.05, 4.69) is 16.7 Å². The molecule has 0 aromatic heterocycles. The first kappa shape index (κ1) is 15.4. The van der Waals surface area contributed by atoms with Crippen LogP contribution in [0.3, 0.4) is 0 Å². The van der Waals surface area contributed by atoms with Crippen molar-refractivity contribution in [2.24, 2.45) is 0 Å². The average molecular weight is 312 g/mol. The molecule has 0 radical (unpaired) electrons. The summed E-state index contributed by atoms with van der Waals surface area (Å²) in [7, 11) is 0. The predicted molar refractivity (Wildman–Crippen MR) is 88.8 cm³/mol. The van der Waals surface area contributed by atoms with Crippen LogP contribution in [0.4, 0.5) is 5.69 Å². The molecule has 1 heterocycles. The molecule has 0 saturated carbocycles.